The molecule has 4 nitrogen and oxygen atoms in total. The molecule has 0 radical (unpaired) electrons. The van der Waals surface area contributed by atoms with E-state index < -0.39 is 0 Å². The molecule has 0 atom stereocenters. The zero-order valence-electron chi connectivity index (χ0n) is 15.2. The molecule has 4 aromatic rings. The Morgan fingerprint density at radius 3 is 2.62 bits per heavy atom. The molecule has 0 aliphatic carbocycles. The SMILES string of the molecule is N#C/C(=C/c1ccc(OCc2ccccc2F)cc1)c1nc2ccc(F)cc2[nH]1. The number of allylic oxidation sites excluding steroid dienone is 1. The topological polar surface area (TPSA) is 61.7 Å². The van der Waals surface area contributed by atoms with Crippen molar-refractivity contribution in [3.63, 3.8) is 0 Å². The minimum absolute atomic E-state index is 0.126. The molecule has 0 amide bonds. The lowest BCUT2D eigenvalue weighted by atomic mass is 10.1. The number of imidazole rings is 1. The molecule has 0 saturated carbocycles. The molecule has 1 heterocycles. The van der Waals surface area contributed by atoms with E-state index in [1.165, 1.54) is 18.2 Å². The van der Waals surface area contributed by atoms with Gasteiger partial charge in [-0.1, -0.05) is 30.3 Å². The van der Waals surface area contributed by atoms with Crippen molar-refractivity contribution in [3.05, 3.63) is 95.3 Å². The highest BCUT2D eigenvalue weighted by molar-refractivity contribution is 5.90. The van der Waals surface area contributed by atoms with Crippen molar-refractivity contribution < 1.29 is 13.5 Å². The molecule has 142 valence electrons. The lowest BCUT2D eigenvalue weighted by Crippen LogP contribution is -1.98. The van der Waals surface area contributed by atoms with Crippen molar-refractivity contribution >= 4 is 22.7 Å². The van der Waals surface area contributed by atoms with E-state index >= 15 is 0 Å². The number of nitriles is 1. The number of aromatic nitrogens is 2. The summed E-state index contributed by atoms with van der Waals surface area (Å²) in [4.78, 5) is 7.30. The number of nitrogens with one attached hydrogen (secondary N) is 1. The Labute approximate surface area is 165 Å². The third-order valence-electron chi connectivity index (χ3n) is 4.36. The number of H-pyrrole nitrogens is 1. The van der Waals surface area contributed by atoms with Gasteiger partial charge in [-0.2, -0.15) is 5.26 Å². The van der Waals surface area contributed by atoms with Gasteiger partial charge >= 0.3 is 0 Å². The van der Waals surface area contributed by atoms with Crippen LogP contribution in [-0.4, -0.2) is 9.97 Å². The van der Waals surface area contributed by atoms with Crippen LogP contribution in [0.5, 0.6) is 5.75 Å². The van der Waals surface area contributed by atoms with Crippen molar-refractivity contribution in [1.29, 1.82) is 5.26 Å². The first-order valence-electron chi connectivity index (χ1n) is 8.86. The zero-order chi connectivity index (χ0) is 20.2. The Hall–Kier alpha value is -3.98. The molecule has 1 N–H and O–H groups in total. The molecule has 0 fully saturated rings. The van der Waals surface area contributed by atoms with Crippen LogP contribution in [0, 0.1) is 23.0 Å². The molecule has 0 saturated heterocycles. The third kappa shape index (κ3) is 4.14. The summed E-state index contributed by atoms with van der Waals surface area (Å²) >= 11 is 0. The highest BCUT2D eigenvalue weighted by Crippen LogP contribution is 2.22. The molecule has 0 aliphatic heterocycles. The fraction of sp³-hybridized carbons (Fsp3) is 0.0435. The number of fused-ring (bicyclic) bond motifs is 1. The number of benzene rings is 3. The maximum absolute atomic E-state index is 13.7. The van der Waals surface area contributed by atoms with Gasteiger partial charge in [-0.3, -0.25) is 0 Å². The molecule has 0 unspecified atom stereocenters. The van der Waals surface area contributed by atoms with Crippen LogP contribution in [0.15, 0.2) is 66.7 Å². The van der Waals surface area contributed by atoms with Crippen LogP contribution >= 0.6 is 0 Å². The predicted octanol–water partition coefficient (Wildman–Crippen LogP) is 5.48. The van der Waals surface area contributed by atoms with Gasteiger partial charge in [0, 0.05) is 5.56 Å². The second-order valence-electron chi connectivity index (χ2n) is 6.37. The maximum Gasteiger partial charge on any atom is 0.149 e. The Bertz CT molecular complexity index is 1240. The summed E-state index contributed by atoms with van der Waals surface area (Å²) in [6.07, 6.45) is 1.68. The van der Waals surface area contributed by atoms with E-state index in [4.69, 9.17) is 4.74 Å². The van der Waals surface area contributed by atoms with E-state index in [1.54, 1.807) is 54.6 Å². The van der Waals surface area contributed by atoms with Crippen LogP contribution in [0.1, 0.15) is 17.0 Å². The number of aromatic amines is 1. The average Bonchev–Trinajstić information content (AvgIpc) is 3.15. The summed E-state index contributed by atoms with van der Waals surface area (Å²) in [6, 6.07) is 19.8. The minimum Gasteiger partial charge on any atom is -0.489 e. The van der Waals surface area contributed by atoms with Crippen LogP contribution in [0.3, 0.4) is 0 Å². The van der Waals surface area contributed by atoms with Gasteiger partial charge in [-0.15, -0.1) is 0 Å². The highest BCUT2D eigenvalue weighted by atomic mass is 19.1. The van der Waals surface area contributed by atoms with Crippen LogP contribution in [0.4, 0.5) is 8.78 Å². The summed E-state index contributed by atoms with van der Waals surface area (Å²) in [7, 11) is 0. The fourth-order valence-corrected chi connectivity index (χ4v) is 2.87. The summed E-state index contributed by atoms with van der Waals surface area (Å²) < 4.78 is 32.6. The number of nitrogens with zero attached hydrogens (tertiary/aromatic N) is 2. The first kappa shape index (κ1) is 18.4. The normalized spacial score (nSPS) is 11.4. The van der Waals surface area contributed by atoms with Crippen LogP contribution in [0.25, 0.3) is 22.7 Å². The fourth-order valence-electron chi connectivity index (χ4n) is 2.87. The van der Waals surface area contributed by atoms with Crippen molar-refractivity contribution in [1.82, 2.24) is 9.97 Å². The second kappa shape index (κ2) is 7.95. The quantitative estimate of drug-likeness (QED) is 0.461. The number of hydrogen-bond acceptors (Lipinski definition) is 3. The van der Waals surface area contributed by atoms with E-state index in [0.29, 0.717) is 33.7 Å². The lowest BCUT2D eigenvalue weighted by molar-refractivity contribution is 0.300. The van der Waals surface area contributed by atoms with E-state index in [-0.39, 0.29) is 18.2 Å². The van der Waals surface area contributed by atoms with Gasteiger partial charge in [-0.25, -0.2) is 13.8 Å². The molecule has 3 aromatic carbocycles. The van der Waals surface area contributed by atoms with Gasteiger partial charge in [0.15, 0.2) is 0 Å². The zero-order valence-corrected chi connectivity index (χ0v) is 15.2. The van der Waals surface area contributed by atoms with Crippen molar-refractivity contribution in [3.8, 4) is 11.8 Å². The van der Waals surface area contributed by atoms with Crippen molar-refractivity contribution in [2.75, 3.05) is 0 Å². The molecular weight excluding hydrogens is 372 g/mol. The number of hydrogen-bond donors (Lipinski definition) is 1. The first-order valence-corrected chi connectivity index (χ1v) is 8.86. The van der Waals surface area contributed by atoms with Crippen molar-refractivity contribution in [2.24, 2.45) is 0 Å². The molecule has 29 heavy (non-hydrogen) atoms. The molecular formula is C23H15F2N3O. The van der Waals surface area contributed by atoms with Crippen LogP contribution < -0.4 is 4.74 Å². The number of rotatable bonds is 5. The molecule has 6 heteroatoms. The maximum atomic E-state index is 13.7. The predicted molar refractivity (Wildman–Crippen MR) is 107 cm³/mol. The molecule has 0 bridgehead atoms. The van der Waals surface area contributed by atoms with E-state index in [0.717, 1.165) is 5.56 Å². The number of halogens is 2. The molecule has 1 aromatic heterocycles. The lowest BCUT2D eigenvalue weighted by Gasteiger charge is -2.07. The first-order chi connectivity index (χ1) is 14.1. The highest BCUT2D eigenvalue weighted by Gasteiger charge is 2.09. The van der Waals surface area contributed by atoms with E-state index in [9.17, 15) is 14.0 Å². The summed E-state index contributed by atoms with van der Waals surface area (Å²) in [5, 5.41) is 9.50. The standard InChI is InChI=1S/C23H15F2N3O/c24-18-7-10-21-22(12-18)28-23(27-21)17(13-26)11-15-5-8-19(9-6-15)29-14-16-3-1-2-4-20(16)25/h1-12H,14H2,(H,27,28)/b17-11-. The Morgan fingerprint density at radius 1 is 1.07 bits per heavy atom. The van der Waals surface area contributed by atoms with Gasteiger partial charge in [0.25, 0.3) is 0 Å². The Kier molecular flexibility index (Phi) is 5.04. The summed E-state index contributed by atoms with van der Waals surface area (Å²) in [5.41, 5.74) is 2.68. The van der Waals surface area contributed by atoms with Gasteiger partial charge in [0.1, 0.15) is 35.9 Å². The minimum atomic E-state index is -0.374. The van der Waals surface area contributed by atoms with Crippen molar-refractivity contribution in [2.45, 2.75) is 6.61 Å². The largest absolute Gasteiger partial charge is 0.489 e. The molecule has 0 aliphatic rings. The third-order valence-corrected chi connectivity index (χ3v) is 4.36. The van der Waals surface area contributed by atoms with Crippen LogP contribution in [-0.2, 0) is 6.61 Å². The average molecular weight is 387 g/mol. The smallest absolute Gasteiger partial charge is 0.149 e. The second-order valence-corrected chi connectivity index (χ2v) is 6.37. The van der Waals surface area contributed by atoms with E-state index in [1.807, 2.05) is 0 Å². The van der Waals surface area contributed by atoms with Gasteiger partial charge in [-0.05, 0) is 48.0 Å². The monoisotopic (exact) mass is 387 g/mol. The molecule has 0 spiro atoms. The van der Waals surface area contributed by atoms with Gasteiger partial charge in [0.05, 0.1) is 16.6 Å². The Morgan fingerprint density at radius 2 is 1.86 bits per heavy atom. The molecule has 4 rings (SSSR count). The summed E-state index contributed by atoms with van der Waals surface area (Å²) in [6.45, 7) is 0.126. The van der Waals surface area contributed by atoms with Gasteiger partial charge in [0.2, 0.25) is 0 Å². The number of ether oxygens (including phenoxy) is 1. The van der Waals surface area contributed by atoms with Gasteiger partial charge < -0.3 is 9.72 Å². The summed E-state index contributed by atoms with van der Waals surface area (Å²) in [5.74, 6) is 0.272. The van der Waals surface area contributed by atoms with E-state index in [2.05, 4.69) is 16.0 Å². The Balaban J connectivity index is 1.52. The van der Waals surface area contributed by atoms with Crippen LogP contribution in [0.2, 0.25) is 0 Å².